The topological polar surface area (TPSA) is 61.4 Å². The summed E-state index contributed by atoms with van der Waals surface area (Å²) in [5.74, 6) is 0.444. The van der Waals surface area contributed by atoms with Crippen molar-refractivity contribution >= 4 is 10.2 Å². The van der Waals surface area contributed by atoms with E-state index >= 15 is 0 Å². The quantitative estimate of drug-likeness (QED) is 0.776. The molecule has 0 amide bonds. The SMILES string of the molecule is CN(C1CCCCC1)S(=O)(=O)NCC1CCNC1. The minimum absolute atomic E-state index is 0.193. The lowest BCUT2D eigenvalue weighted by molar-refractivity contribution is 0.282. The predicted molar refractivity (Wildman–Crippen MR) is 72.5 cm³/mol. The number of nitrogens with zero attached hydrogens (tertiary/aromatic N) is 1. The van der Waals surface area contributed by atoms with Crippen LogP contribution in [0.25, 0.3) is 0 Å². The van der Waals surface area contributed by atoms with Gasteiger partial charge in [-0.15, -0.1) is 0 Å². The summed E-state index contributed by atoms with van der Waals surface area (Å²) in [5, 5.41) is 3.25. The Morgan fingerprint density at radius 3 is 2.56 bits per heavy atom. The summed E-state index contributed by atoms with van der Waals surface area (Å²) >= 11 is 0. The number of rotatable bonds is 5. The van der Waals surface area contributed by atoms with Crippen LogP contribution < -0.4 is 10.0 Å². The first-order chi connectivity index (χ1) is 8.59. The van der Waals surface area contributed by atoms with Gasteiger partial charge in [-0.05, 0) is 38.3 Å². The second-order valence-electron chi connectivity index (χ2n) is 5.52. The lowest BCUT2D eigenvalue weighted by Crippen LogP contribution is -2.46. The van der Waals surface area contributed by atoms with Gasteiger partial charge in [-0.3, -0.25) is 0 Å². The molecular weight excluding hydrogens is 250 g/mol. The molecule has 1 aliphatic carbocycles. The summed E-state index contributed by atoms with van der Waals surface area (Å²) < 4.78 is 28.7. The molecule has 0 aromatic rings. The van der Waals surface area contributed by atoms with E-state index in [1.165, 1.54) is 6.42 Å². The van der Waals surface area contributed by atoms with Crippen LogP contribution in [0.3, 0.4) is 0 Å². The molecule has 18 heavy (non-hydrogen) atoms. The van der Waals surface area contributed by atoms with Crippen molar-refractivity contribution in [2.75, 3.05) is 26.7 Å². The van der Waals surface area contributed by atoms with Crippen LogP contribution in [-0.2, 0) is 10.2 Å². The highest BCUT2D eigenvalue weighted by Gasteiger charge is 2.28. The molecule has 0 aromatic heterocycles. The molecule has 1 aliphatic heterocycles. The van der Waals surface area contributed by atoms with E-state index in [2.05, 4.69) is 10.0 Å². The van der Waals surface area contributed by atoms with Crippen LogP contribution >= 0.6 is 0 Å². The van der Waals surface area contributed by atoms with Crippen molar-refractivity contribution in [3.63, 3.8) is 0 Å². The number of nitrogens with one attached hydrogen (secondary N) is 2. The van der Waals surface area contributed by atoms with Crippen molar-refractivity contribution in [3.05, 3.63) is 0 Å². The molecule has 2 N–H and O–H groups in total. The molecule has 106 valence electrons. The van der Waals surface area contributed by atoms with Gasteiger partial charge in [0.05, 0.1) is 0 Å². The lowest BCUT2D eigenvalue weighted by atomic mass is 9.96. The van der Waals surface area contributed by atoms with Gasteiger partial charge in [0, 0.05) is 19.6 Å². The van der Waals surface area contributed by atoms with Crippen molar-refractivity contribution < 1.29 is 8.42 Å². The predicted octanol–water partition coefficient (Wildman–Crippen LogP) is 0.695. The molecule has 6 heteroatoms. The van der Waals surface area contributed by atoms with E-state index in [-0.39, 0.29) is 6.04 Å². The Morgan fingerprint density at radius 2 is 1.94 bits per heavy atom. The molecule has 0 radical (unpaired) electrons. The monoisotopic (exact) mass is 275 g/mol. The van der Waals surface area contributed by atoms with Crippen LogP contribution in [0.15, 0.2) is 0 Å². The summed E-state index contributed by atoms with van der Waals surface area (Å²) in [6, 6.07) is 0.193. The van der Waals surface area contributed by atoms with E-state index in [1.54, 1.807) is 11.4 Å². The molecule has 1 saturated carbocycles. The van der Waals surface area contributed by atoms with Crippen LogP contribution in [-0.4, -0.2) is 45.4 Å². The van der Waals surface area contributed by atoms with Crippen molar-refractivity contribution in [1.29, 1.82) is 0 Å². The fourth-order valence-corrected chi connectivity index (χ4v) is 4.11. The van der Waals surface area contributed by atoms with E-state index < -0.39 is 10.2 Å². The minimum Gasteiger partial charge on any atom is -0.316 e. The van der Waals surface area contributed by atoms with E-state index in [9.17, 15) is 8.42 Å². The molecule has 2 rings (SSSR count). The normalized spacial score (nSPS) is 26.9. The third kappa shape index (κ3) is 3.66. The first-order valence-electron chi connectivity index (χ1n) is 7.03. The van der Waals surface area contributed by atoms with Gasteiger partial charge in [-0.1, -0.05) is 19.3 Å². The van der Waals surface area contributed by atoms with Crippen LogP contribution in [0.5, 0.6) is 0 Å². The van der Waals surface area contributed by atoms with E-state index in [4.69, 9.17) is 0 Å². The van der Waals surface area contributed by atoms with Crippen molar-refractivity contribution in [2.24, 2.45) is 5.92 Å². The van der Waals surface area contributed by atoms with Crippen LogP contribution in [0, 0.1) is 5.92 Å². The minimum atomic E-state index is -3.29. The largest absolute Gasteiger partial charge is 0.316 e. The Kier molecular flexibility index (Phi) is 5.00. The Hall–Kier alpha value is -0.170. The van der Waals surface area contributed by atoms with Gasteiger partial charge in [0.2, 0.25) is 0 Å². The second-order valence-corrected chi connectivity index (χ2v) is 7.34. The summed E-state index contributed by atoms with van der Waals surface area (Å²) in [6.07, 6.45) is 6.61. The van der Waals surface area contributed by atoms with Crippen LogP contribution in [0.4, 0.5) is 0 Å². The van der Waals surface area contributed by atoms with Crippen molar-refractivity contribution in [3.8, 4) is 0 Å². The van der Waals surface area contributed by atoms with E-state index in [1.807, 2.05) is 0 Å². The smallest absolute Gasteiger partial charge is 0.279 e. The molecule has 1 saturated heterocycles. The van der Waals surface area contributed by atoms with Crippen LogP contribution in [0.2, 0.25) is 0 Å². The third-order valence-electron chi connectivity index (χ3n) is 4.18. The fraction of sp³-hybridized carbons (Fsp3) is 1.00. The highest BCUT2D eigenvalue weighted by atomic mass is 32.2. The molecule has 2 fully saturated rings. The molecule has 1 heterocycles. The zero-order valence-corrected chi connectivity index (χ0v) is 12.0. The van der Waals surface area contributed by atoms with E-state index in [0.29, 0.717) is 12.5 Å². The Bertz CT molecular complexity index is 346. The van der Waals surface area contributed by atoms with Crippen LogP contribution in [0.1, 0.15) is 38.5 Å². The Morgan fingerprint density at radius 1 is 1.22 bits per heavy atom. The highest BCUT2D eigenvalue weighted by molar-refractivity contribution is 7.87. The Balaban J connectivity index is 1.84. The highest BCUT2D eigenvalue weighted by Crippen LogP contribution is 2.23. The molecule has 1 unspecified atom stereocenters. The maximum Gasteiger partial charge on any atom is 0.279 e. The summed E-state index contributed by atoms with van der Waals surface area (Å²) in [4.78, 5) is 0. The summed E-state index contributed by atoms with van der Waals surface area (Å²) in [6.45, 7) is 2.49. The number of hydrogen-bond donors (Lipinski definition) is 2. The van der Waals surface area contributed by atoms with Gasteiger partial charge < -0.3 is 5.32 Å². The summed E-state index contributed by atoms with van der Waals surface area (Å²) in [5.41, 5.74) is 0. The molecular formula is C12H25N3O2S. The zero-order chi connectivity index (χ0) is 13.0. The zero-order valence-electron chi connectivity index (χ0n) is 11.2. The van der Waals surface area contributed by atoms with Gasteiger partial charge in [-0.2, -0.15) is 12.7 Å². The Labute approximate surface area is 110 Å². The summed E-state index contributed by atoms with van der Waals surface area (Å²) in [7, 11) is -1.58. The average Bonchev–Trinajstić information content (AvgIpc) is 2.90. The fourth-order valence-electron chi connectivity index (χ4n) is 2.85. The lowest BCUT2D eigenvalue weighted by Gasteiger charge is -2.30. The van der Waals surface area contributed by atoms with Gasteiger partial charge >= 0.3 is 0 Å². The standard InChI is InChI=1S/C12H25N3O2S/c1-15(12-5-3-2-4-6-12)18(16,17)14-10-11-7-8-13-9-11/h11-14H,2-10H2,1H3. The third-order valence-corrected chi connectivity index (χ3v) is 5.77. The number of hydrogen-bond acceptors (Lipinski definition) is 3. The van der Waals surface area contributed by atoms with Gasteiger partial charge in [0.25, 0.3) is 10.2 Å². The van der Waals surface area contributed by atoms with Gasteiger partial charge in [-0.25, -0.2) is 4.72 Å². The first-order valence-corrected chi connectivity index (χ1v) is 8.47. The van der Waals surface area contributed by atoms with Gasteiger partial charge in [0.15, 0.2) is 0 Å². The van der Waals surface area contributed by atoms with Crippen molar-refractivity contribution in [1.82, 2.24) is 14.3 Å². The maximum absolute atomic E-state index is 12.2. The van der Waals surface area contributed by atoms with Gasteiger partial charge in [0.1, 0.15) is 0 Å². The molecule has 5 nitrogen and oxygen atoms in total. The molecule has 0 aromatic carbocycles. The van der Waals surface area contributed by atoms with Crippen molar-refractivity contribution in [2.45, 2.75) is 44.6 Å². The molecule has 0 bridgehead atoms. The molecule has 0 spiro atoms. The van der Waals surface area contributed by atoms with E-state index in [0.717, 1.165) is 45.2 Å². The first kappa shape index (κ1) is 14.2. The molecule has 1 atom stereocenters. The maximum atomic E-state index is 12.2. The average molecular weight is 275 g/mol. The second kappa shape index (κ2) is 6.32. The molecule has 2 aliphatic rings.